The third kappa shape index (κ3) is 6.11. The monoisotopic (exact) mass is 488 g/mol. The summed E-state index contributed by atoms with van der Waals surface area (Å²) in [6.07, 6.45) is 0.883. The molecular formula is C29H33ClN4O. The number of carbonyl (C=O) groups is 1. The molecule has 4 rings (SSSR count). The van der Waals surface area contributed by atoms with E-state index in [0.717, 1.165) is 41.7 Å². The molecule has 0 saturated heterocycles. The number of nitrogens with zero attached hydrogens (tertiary/aromatic N) is 3. The van der Waals surface area contributed by atoms with E-state index < -0.39 is 6.04 Å². The largest absolute Gasteiger partial charge is 0.354 e. The second-order valence-corrected chi connectivity index (χ2v) is 9.63. The summed E-state index contributed by atoms with van der Waals surface area (Å²) in [6.45, 7) is 8.76. The van der Waals surface area contributed by atoms with Crippen LogP contribution in [0.4, 0.5) is 0 Å². The summed E-state index contributed by atoms with van der Waals surface area (Å²) in [4.78, 5) is 15.5. The Labute approximate surface area is 212 Å². The summed E-state index contributed by atoms with van der Waals surface area (Å²) in [6, 6.07) is 26.2. The third-order valence-electron chi connectivity index (χ3n) is 6.34. The Hall–Kier alpha value is -3.15. The van der Waals surface area contributed by atoms with Crippen LogP contribution in [-0.2, 0) is 11.3 Å². The van der Waals surface area contributed by atoms with Gasteiger partial charge in [0.1, 0.15) is 11.7 Å². The van der Waals surface area contributed by atoms with E-state index >= 15 is 0 Å². The SMILES string of the molecule is CC(C)N(CCCNC(=O)[C@@H](C)n1nc(-c2ccccc2)c2cc(Cl)ccc21)Cc1ccccc1. The van der Waals surface area contributed by atoms with E-state index in [1.807, 2.05) is 61.5 Å². The van der Waals surface area contributed by atoms with Crippen LogP contribution in [-0.4, -0.2) is 39.7 Å². The predicted octanol–water partition coefficient (Wildman–Crippen LogP) is 6.33. The zero-order valence-corrected chi connectivity index (χ0v) is 21.4. The molecule has 0 saturated carbocycles. The van der Waals surface area contributed by atoms with Gasteiger partial charge >= 0.3 is 0 Å². The summed E-state index contributed by atoms with van der Waals surface area (Å²) < 4.78 is 1.80. The van der Waals surface area contributed by atoms with Gasteiger partial charge in [0, 0.05) is 41.6 Å². The Morgan fingerprint density at radius 3 is 2.37 bits per heavy atom. The van der Waals surface area contributed by atoms with Crippen LogP contribution in [0.15, 0.2) is 78.9 Å². The maximum atomic E-state index is 13.1. The van der Waals surface area contributed by atoms with E-state index in [1.54, 1.807) is 4.68 Å². The van der Waals surface area contributed by atoms with Gasteiger partial charge in [-0.1, -0.05) is 72.3 Å². The molecule has 182 valence electrons. The van der Waals surface area contributed by atoms with Gasteiger partial charge in [-0.3, -0.25) is 14.4 Å². The van der Waals surface area contributed by atoms with E-state index in [4.69, 9.17) is 16.7 Å². The van der Waals surface area contributed by atoms with Gasteiger partial charge < -0.3 is 5.32 Å². The molecule has 1 aromatic heterocycles. The fourth-order valence-corrected chi connectivity index (χ4v) is 4.48. The Bertz CT molecular complexity index is 1250. The normalized spacial score (nSPS) is 12.4. The molecule has 0 bridgehead atoms. The zero-order chi connectivity index (χ0) is 24.8. The Kier molecular flexibility index (Phi) is 8.21. The summed E-state index contributed by atoms with van der Waals surface area (Å²) in [5, 5.41) is 9.54. The lowest BCUT2D eigenvalue weighted by atomic mass is 10.1. The van der Waals surface area contributed by atoms with Crippen molar-refractivity contribution in [2.24, 2.45) is 0 Å². The van der Waals surface area contributed by atoms with Gasteiger partial charge in [0.05, 0.1) is 5.52 Å². The number of halogens is 1. The third-order valence-corrected chi connectivity index (χ3v) is 6.58. The lowest BCUT2D eigenvalue weighted by Gasteiger charge is -2.26. The lowest BCUT2D eigenvalue weighted by Crippen LogP contribution is -2.36. The summed E-state index contributed by atoms with van der Waals surface area (Å²) in [7, 11) is 0. The molecule has 1 atom stereocenters. The van der Waals surface area contributed by atoms with Crippen molar-refractivity contribution >= 4 is 28.4 Å². The summed E-state index contributed by atoms with van der Waals surface area (Å²) in [5.74, 6) is -0.0388. The predicted molar refractivity (Wildman–Crippen MR) is 145 cm³/mol. The quantitative estimate of drug-likeness (QED) is 0.265. The second-order valence-electron chi connectivity index (χ2n) is 9.19. The first kappa shape index (κ1) is 25.0. The molecule has 6 heteroatoms. The van der Waals surface area contributed by atoms with Crippen molar-refractivity contribution < 1.29 is 4.79 Å². The number of amides is 1. The molecule has 1 heterocycles. The van der Waals surface area contributed by atoms with E-state index in [1.165, 1.54) is 5.56 Å². The molecule has 0 radical (unpaired) electrons. The molecule has 35 heavy (non-hydrogen) atoms. The van der Waals surface area contributed by atoms with Crippen molar-refractivity contribution in [2.75, 3.05) is 13.1 Å². The van der Waals surface area contributed by atoms with Crippen LogP contribution in [0.25, 0.3) is 22.2 Å². The van der Waals surface area contributed by atoms with Crippen LogP contribution in [0.3, 0.4) is 0 Å². The highest BCUT2D eigenvalue weighted by Gasteiger charge is 2.21. The molecule has 0 aliphatic carbocycles. The van der Waals surface area contributed by atoms with Crippen LogP contribution in [0.1, 0.15) is 38.8 Å². The fraction of sp³-hybridized carbons (Fsp3) is 0.310. The molecule has 0 unspecified atom stereocenters. The van der Waals surface area contributed by atoms with E-state index in [0.29, 0.717) is 17.6 Å². The highest BCUT2D eigenvalue weighted by Crippen LogP contribution is 2.31. The first-order chi connectivity index (χ1) is 16.9. The molecule has 0 fully saturated rings. The van der Waals surface area contributed by atoms with Crippen molar-refractivity contribution in [3.05, 3.63) is 89.4 Å². The van der Waals surface area contributed by atoms with Gasteiger partial charge in [-0.2, -0.15) is 5.10 Å². The highest BCUT2D eigenvalue weighted by molar-refractivity contribution is 6.31. The number of nitrogens with one attached hydrogen (secondary N) is 1. The minimum absolute atomic E-state index is 0.0388. The number of rotatable bonds is 10. The standard InChI is InChI=1S/C29H33ClN4O/c1-21(2)33(20-23-11-6-4-7-12-23)18-10-17-31-29(35)22(3)34-27-16-15-25(30)19-26(27)28(32-34)24-13-8-5-9-14-24/h4-9,11-16,19,21-22H,10,17-18,20H2,1-3H3,(H,31,35)/t22-/m1/s1. The number of aromatic nitrogens is 2. The molecular weight excluding hydrogens is 456 g/mol. The molecule has 4 aromatic rings. The molecule has 1 N–H and O–H groups in total. The Morgan fingerprint density at radius 2 is 1.69 bits per heavy atom. The molecule has 1 amide bonds. The first-order valence-corrected chi connectivity index (χ1v) is 12.6. The number of benzene rings is 3. The van der Waals surface area contributed by atoms with Crippen molar-refractivity contribution in [3.8, 4) is 11.3 Å². The first-order valence-electron chi connectivity index (χ1n) is 12.2. The van der Waals surface area contributed by atoms with Crippen LogP contribution in [0.5, 0.6) is 0 Å². The molecule has 5 nitrogen and oxygen atoms in total. The van der Waals surface area contributed by atoms with Crippen molar-refractivity contribution in [2.45, 2.75) is 45.8 Å². The summed E-state index contributed by atoms with van der Waals surface area (Å²) in [5.41, 5.74) is 4.03. The second kappa shape index (κ2) is 11.5. The average molecular weight is 489 g/mol. The maximum absolute atomic E-state index is 13.1. The van der Waals surface area contributed by atoms with Crippen LogP contribution < -0.4 is 5.32 Å². The van der Waals surface area contributed by atoms with E-state index in [9.17, 15) is 4.79 Å². The minimum Gasteiger partial charge on any atom is -0.354 e. The Balaban J connectivity index is 1.41. The maximum Gasteiger partial charge on any atom is 0.244 e. The van der Waals surface area contributed by atoms with Crippen molar-refractivity contribution in [1.29, 1.82) is 0 Å². The molecule has 0 aliphatic rings. The van der Waals surface area contributed by atoms with Gasteiger partial charge in [-0.15, -0.1) is 0 Å². The summed E-state index contributed by atoms with van der Waals surface area (Å²) >= 11 is 6.29. The van der Waals surface area contributed by atoms with Gasteiger partial charge in [0.2, 0.25) is 5.91 Å². The topological polar surface area (TPSA) is 50.2 Å². The number of hydrogen-bond donors (Lipinski definition) is 1. The Morgan fingerprint density at radius 1 is 1.00 bits per heavy atom. The number of fused-ring (bicyclic) bond motifs is 1. The highest BCUT2D eigenvalue weighted by atomic mass is 35.5. The smallest absolute Gasteiger partial charge is 0.244 e. The van der Waals surface area contributed by atoms with Crippen LogP contribution in [0, 0.1) is 0 Å². The van der Waals surface area contributed by atoms with Crippen LogP contribution in [0.2, 0.25) is 5.02 Å². The van der Waals surface area contributed by atoms with Crippen molar-refractivity contribution in [1.82, 2.24) is 20.0 Å². The molecule has 3 aromatic carbocycles. The van der Waals surface area contributed by atoms with Gasteiger partial charge in [0.15, 0.2) is 0 Å². The van der Waals surface area contributed by atoms with Crippen LogP contribution >= 0.6 is 11.6 Å². The minimum atomic E-state index is -0.443. The number of carbonyl (C=O) groups excluding carboxylic acids is 1. The molecule has 0 spiro atoms. The van der Waals surface area contributed by atoms with Gasteiger partial charge in [-0.25, -0.2) is 0 Å². The van der Waals surface area contributed by atoms with Crippen molar-refractivity contribution in [3.63, 3.8) is 0 Å². The number of hydrogen-bond acceptors (Lipinski definition) is 3. The lowest BCUT2D eigenvalue weighted by molar-refractivity contribution is -0.124. The van der Waals surface area contributed by atoms with Gasteiger partial charge in [0.25, 0.3) is 0 Å². The average Bonchev–Trinajstić information content (AvgIpc) is 3.24. The van der Waals surface area contributed by atoms with E-state index in [2.05, 4.69) is 48.3 Å². The van der Waals surface area contributed by atoms with Gasteiger partial charge in [-0.05, 0) is 51.0 Å². The van der Waals surface area contributed by atoms with E-state index in [-0.39, 0.29) is 5.91 Å². The molecule has 0 aliphatic heterocycles. The zero-order valence-electron chi connectivity index (χ0n) is 20.6. The fourth-order valence-electron chi connectivity index (χ4n) is 4.31.